The zero-order valence-electron chi connectivity index (χ0n) is 13.8. The molecule has 0 fully saturated rings. The van der Waals surface area contributed by atoms with Gasteiger partial charge in [0, 0.05) is 29.2 Å². The van der Waals surface area contributed by atoms with Gasteiger partial charge in [0.2, 0.25) is 5.91 Å². The third kappa shape index (κ3) is 3.67. The Morgan fingerprint density at radius 3 is 2.92 bits per heavy atom. The van der Waals surface area contributed by atoms with Crippen LogP contribution in [0.25, 0.3) is 0 Å². The highest BCUT2D eigenvalue weighted by molar-refractivity contribution is 7.15. The summed E-state index contributed by atoms with van der Waals surface area (Å²) in [5.74, 6) is -0.798. The van der Waals surface area contributed by atoms with Gasteiger partial charge in [-0.15, -0.1) is 11.3 Å². The lowest BCUT2D eigenvalue weighted by Crippen LogP contribution is -2.43. The molecule has 132 valence electrons. The van der Waals surface area contributed by atoms with E-state index >= 15 is 0 Å². The van der Waals surface area contributed by atoms with E-state index in [-0.39, 0.29) is 17.5 Å². The smallest absolute Gasteiger partial charge is 0.217 e. The number of amides is 1. The Labute approximate surface area is 153 Å². The molecule has 0 bridgehead atoms. The molecule has 2 aromatic rings. The molecule has 0 aliphatic heterocycles. The first-order chi connectivity index (χ1) is 11.9. The van der Waals surface area contributed by atoms with E-state index in [1.165, 1.54) is 24.3 Å². The van der Waals surface area contributed by atoms with Crippen LogP contribution in [0.2, 0.25) is 4.47 Å². The Morgan fingerprint density at radius 2 is 2.28 bits per heavy atom. The number of carbonyl (C=O) groups excluding carboxylic acids is 2. The van der Waals surface area contributed by atoms with E-state index in [0.29, 0.717) is 46.2 Å². The van der Waals surface area contributed by atoms with Crippen molar-refractivity contribution in [2.75, 3.05) is 5.32 Å². The summed E-state index contributed by atoms with van der Waals surface area (Å²) < 4.78 is 14.7. The van der Waals surface area contributed by atoms with Gasteiger partial charge in [0.15, 0.2) is 10.3 Å². The van der Waals surface area contributed by atoms with Crippen LogP contribution < -0.4 is 10.6 Å². The number of ketones is 1. The lowest BCUT2D eigenvalue weighted by atomic mass is 9.83. The summed E-state index contributed by atoms with van der Waals surface area (Å²) in [5, 5.41) is 5.79. The van der Waals surface area contributed by atoms with Crippen LogP contribution in [0.3, 0.4) is 0 Å². The number of nitrogens with one attached hydrogen (secondary N) is 2. The number of anilines is 1. The van der Waals surface area contributed by atoms with Crippen LogP contribution in [0.1, 0.15) is 39.7 Å². The maximum Gasteiger partial charge on any atom is 0.217 e. The van der Waals surface area contributed by atoms with Crippen LogP contribution in [0.5, 0.6) is 0 Å². The predicted molar refractivity (Wildman–Crippen MR) is 95.8 cm³/mol. The number of aromatic nitrogens is 1. The van der Waals surface area contributed by atoms with Gasteiger partial charge in [-0.05, 0) is 37.0 Å². The summed E-state index contributed by atoms with van der Waals surface area (Å²) >= 11 is 7.14. The molecule has 1 unspecified atom stereocenters. The third-order valence-electron chi connectivity index (χ3n) is 4.25. The number of halogens is 2. The molecule has 1 aromatic carbocycles. The van der Waals surface area contributed by atoms with Crippen LogP contribution in [-0.2, 0) is 17.8 Å². The Kier molecular flexibility index (Phi) is 5.06. The average Bonchev–Trinajstić information content (AvgIpc) is 2.97. The van der Waals surface area contributed by atoms with Crippen molar-refractivity contribution in [2.24, 2.45) is 0 Å². The standard InChI is InChI=1S/C17H17ClFN3O2S/c1-8-11-3-4-13(22-9(2)23)16(24)15(11)14(5-12(8)19)20-6-10-7-21-17(18)25-10/h5,7,13,20H,3-4,6H2,1-2H3,(H,22,23). The molecule has 2 N–H and O–H groups in total. The SMILES string of the molecule is CC(=O)NC1CCc2c(C)c(F)cc(NCc3cnc(Cl)s3)c2C1=O. The van der Waals surface area contributed by atoms with Crippen molar-refractivity contribution in [3.05, 3.63) is 44.1 Å². The fourth-order valence-electron chi connectivity index (χ4n) is 3.06. The summed E-state index contributed by atoms with van der Waals surface area (Å²) in [6.07, 6.45) is 2.65. The van der Waals surface area contributed by atoms with Gasteiger partial charge in [0.1, 0.15) is 5.82 Å². The van der Waals surface area contributed by atoms with Crippen molar-refractivity contribution in [3.8, 4) is 0 Å². The second kappa shape index (κ2) is 7.09. The largest absolute Gasteiger partial charge is 0.379 e. The molecule has 1 atom stereocenters. The Bertz CT molecular complexity index is 853. The van der Waals surface area contributed by atoms with Gasteiger partial charge in [0.05, 0.1) is 12.6 Å². The second-order valence-corrected chi connectivity index (χ2v) is 7.67. The lowest BCUT2D eigenvalue weighted by Gasteiger charge is -2.27. The highest BCUT2D eigenvalue weighted by Gasteiger charge is 2.32. The van der Waals surface area contributed by atoms with Gasteiger partial charge in [0.25, 0.3) is 0 Å². The first-order valence-corrected chi connectivity index (χ1v) is 9.03. The summed E-state index contributed by atoms with van der Waals surface area (Å²) in [4.78, 5) is 29.0. The minimum absolute atomic E-state index is 0.190. The number of fused-ring (bicyclic) bond motifs is 1. The van der Waals surface area contributed by atoms with E-state index in [1.54, 1.807) is 13.1 Å². The molecule has 1 aliphatic rings. The van der Waals surface area contributed by atoms with Crippen molar-refractivity contribution in [3.63, 3.8) is 0 Å². The van der Waals surface area contributed by atoms with Crippen molar-refractivity contribution in [2.45, 2.75) is 39.3 Å². The monoisotopic (exact) mass is 381 g/mol. The molecule has 0 saturated carbocycles. The third-order valence-corrected chi connectivity index (χ3v) is 5.37. The topological polar surface area (TPSA) is 71.1 Å². The van der Waals surface area contributed by atoms with E-state index in [4.69, 9.17) is 11.6 Å². The molecule has 1 heterocycles. The van der Waals surface area contributed by atoms with Crippen molar-refractivity contribution in [1.29, 1.82) is 0 Å². The average molecular weight is 382 g/mol. The molecule has 0 saturated heterocycles. The van der Waals surface area contributed by atoms with E-state index < -0.39 is 6.04 Å². The van der Waals surface area contributed by atoms with Crippen LogP contribution in [0, 0.1) is 12.7 Å². The number of benzene rings is 1. The Balaban J connectivity index is 1.94. The fourth-order valence-corrected chi connectivity index (χ4v) is 3.98. The van der Waals surface area contributed by atoms with E-state index in [1.807, 2.05) is 0 Å². The van der Waals surface area contributed by atoms with E-state index in [9.17, 15) is 14.0 Å². The molecule has 1 aromatic heterocycles. The van der Waals surface area contributed by atoms with Gasteiger partial charge in [-0.1, -0.05) is 11.6 Å². The number of hydrogen-bond acceptors (Lipinski definition) is 5. The molecule has 8 heteroatoms. The highest BCUT2D eigenvalue weighted by Crippen LogP contribution is 2.33. The predicted octanol–water partition coefficient (Wildman–Crippen LogP) is 3.49. The van der Waals surface area contributed by atoms with Crippen molar-refractivity contribution < 1.29 is 14.0 Å². The van der Waals surface area contributed by atoms with Gasteiger partial charge in [-0.2, -0.15) is 0 Å². The number of hydrogen-bond donors (Lipinski definition) is 2. The van der Waals surface area contributed by atoms with Crippen molar-refractivity contribution in [1.82, 2.24) is 10.3 Å². The molecule has 3 rings (SSSR count). The molecule has 5 nitrogen and oxygen atoms in total. The van der Waals surface area contributed by atoms with Gasteiger partial charge < -0.3 is 10.6 Å². The van der Waals surface area contributed by atoms with Crippen LogP contribution in [-0.4, -0.2) is 22.7 Å². The Hall–Kier alpha value is -1.99. The number of nitrogens with zero attached hydrogens (tertiary/aromatic N) is 1. The zero-order chi connectivity index (χ0) is 18.1. The Morgan fingerprint density at radius 1 is 1.52 bits per heavy atom. The number of thiazole rings is 1. The summed E-state index contributed by atoms with van der Waals surface area (Å²) in [5.41, 5.74) is 2.08. The second-order valence-electron chi connectivity index (χ2n) is 5.97. The molecular formula is C17H17ClFN3O2S. The lowest BCUT2D eigenvalue weighted by molar-refractivity contribution is -0.119. The van der Waals surface area contributed by atoms with Gasteiger partial charge in [-0.3, -0.25) is 9.59 Å². The van der Waals surface area contributed by atoms with E-state index in [2.05, 4.69) is 15.6 Å². The molecule has 25 heavy (non-hydrogen) atoms. The maximum absolute atomic E-state index is 14.3. The molecule has 0 radical (unpaired) electrons. The minimum Gasteiger partial charge on any atom is -0.379 e. The van der Waals surface area contributed by atoms with Crippen molar-refractivity contribution >= 4 is 40.3 Å². The minimum atomic E-state index is -0.576. The van der Waals surface area contributed by atoms with Crippen LogP contribution in [0.4, 0.5) is 10.1 Å². The highest BCUT2D eigenvalue weighted by atomic mass is 35.5. The molecule has 0 spiro atoms. The molecule has 1 amide bonds. The maximum atomic E-state index is 14.3. The summed E-state index contributed by atoms with van der Waals surface area (Å²) in [6.45, 7) is 3.44. The van der Waals surface area contributed by atoms with E-state index in [0.717, 1.165) is 4.88 Å². The first kappa shape index (κ1) is 17.8. The molecular weight excluding hydrogens is 365 g/mol. The fraction of sp³-hybridized carbons (Fsp3) is 0.353. The molecule has 1 aliphatic carbocycles. The van der Waals surface area contributed by atoms with Crippen LogP contribution in [0.15, 0.2) is 12.3 Å². The normalized spacial score (nSPS) is 16.5. The number of Topliss-reactive ketones (excluding diaryl/α,β-unsaturated/α-hetero) is 1. The van der Waals surface area contributed by atoms with Gasteiger partial charge in [-0.25, -0.2) is 9.37 Å². The van der Waals surface area contributed by atoms with Crippen LogP contribution >= 0.6 is 22.9 Å². The van der Waals surface area contributed by atoms with Gasteiger partial charge >= 0.3 is 0 Å². The quantitative estimate of drug-likeness (QED) is 0.850. The zero-order valence-corrected chi connectivity index (χ0v) is 15.4. The summed E-state index contributed by atoms with van der Waals surface area (Å²) in [6, 6.07) is 0.762. The number of rotatable bonds is 4. The summed E-state index contributed by atoms with van der Waals surface area (Å²) in [7, 11) is 0. The number of carbonyl (C=O) groups is 2. The first-order valence-electron chi connectivity index (χ1n) is 7.84.